The Morgan fingerprint density at radius 2 is 1.95 bits per heavy atom. The molecule has 6 heteroatoms. The van der Waals surface area contributed by atoms with Gasteiger partial charge in [-0.25, -0.2) is 8.42 Å². The van der Waals surface area contributed by atoms with E-state index in [9.17, 15) is 8.42 Å². The van der Waals surface area contributed by atoms with Crippen LogP contribution in [0.2, 0.25) is 0 Å². The van der Waals surface area contributed by atoms with E-state index in [2.05, 4.69) is 0 Å². The van der Waals surface area contributed by atoms with Crippen LogP contribution >= 0.6 is 0 Å². The molecule has 0 aliphatic carbocycles. The Labute approximate surface area is 114 Å². The lowest BCUT2D eigenvalue weighted by Crippen LogP contribution is -2.40. The van der Waals surface area contributed by atoms with Crippen LogP contribution in [0.15, 0.2) is 23.1 Å². The average Bonchev–Trinajstić information content (AvgIpc) is 2.41. The van der Waals surface area contributed by atoms with Crippen molar-refractivity contribution in [3.05, 3.63) is 23.8 Å². The summed E-state index contributed by atoms with van der Waals surface area (Å²) in [5.41, 5.74) is 7.18. The van der Waals surface area contributed by atoms with Crippen molar-refractivity contribution in [2.45, 2.75) is 30.7 Å². The van der Waals surface area contributed by atoms with Crippen LogP contribution in [0.4, 0.5) is 5.69 Å². The lowest BCUT2D eigenvalue weighted by atomic mass is 10.1. The van der Waals surface area contributed by atoms with Gasteiger partial charge in [-0.05, 0) is 37.5 Å². The van der Waals surface area contributed by atoms with Gasteiger partial charge in [0.2, 0.25) is 10.0 Å². The molecule has 1 aliphatic heterocycles. The zero-order valence-electron chi connectivity index (χ0n) is 11.3. The maximum Gasteiger partial charge on any atom is 0.243 e. The van der Waals surface area contributed by atoms with Crippen molar-refractivity contribution >= 4 is 15.7 Å². The Morgan fingerprint density at radius 1 is 1.32 bits per heavy atom. The number of hydrogen-bond donors (Lipinski definition) is 1. The van der Waals surface area contributed by atoms with Crippen LogP contribution in [0, 0.1) is 6.92 Å². The summed E-state index contributed by atoms with van der Waals surface area (Å²) >= 11 is 0. The van der Waals surface area contributed by atoms with Crippen LogP contribution in [-0.2, 0) is 14.8 Å². The molecule has 0 atom stereocenters. The summed E-state index contributed by atoms with van der Waals surface area (Å²) in [4.78, 5) is 0.254. The van der Waals surface area contributed by atoms with Crippen molar-refractivity contribution in [1.82, 2.24) is 4.31 Å². The zero-order valence-corrected chi connectivity index (χ0v) is 12.1. The van der Waals surface area contributed by atoms with Crippen LogP contribution in [0.3, 0.4) is 0 Å². The normalized spacial score (nSPS) is 17.8. The van der Waals surface area contributed by atoms with E-state index in [1.54, 1.807) is 19.2 Å². The summed E-state index contributed by atoms with van der Waals surface area (Å²) in [6.45, 7) is 3.08. The molecule has 0 radical (unpaired) electrons. The number of nitrogens with two attached hydrogens (primary N) is 1. The molecule has 106 valence electrons. The molecule has 1 aliphatic rings. The van der Waals surface area contributed by atoms with E-state index in [1.807, 2.05) is 6.92 Å². The summed E-state index contributed by atoms with van der Waals surface area (Å²) in [7, 11) is -1.85. The second-order valence-corrected chi connectivity index (χ2v) is 6.88. The monoisotopic (exact) mass is 284 g/mol. The lowest BCUT2D eigenvalue weighted by molar-refractivity contribution is 0.0632. The molecule has 0 bridgehead atoms. The summed E-state index contributed by atoms with van der Waals surface area (Å²) in [6, 6.07) is 4.87. The first-order valence-corrected chi connectivity index (χ1v) is 7.79. The van der Waals surface area contributed by atoms with E-state index in [4.69, 9.17) is 10.5 Å². The van der Waals surface area contributed by atoms with E-state index >= 15 is 0 Å². The molecule has 0 aromatic heterocycles. The molecule has 1 aromatic carbocycles. The molecule has 5 nitrogen and oxygen atoms in total. The highest BCUT2D eigenvalue weighted by molar-refractivity contribution is 7.89. The number of hydrogen-bond acceptors (Lipinski definition) is 4. The predicted molar refractivity (Wildman–Crippen MR) is 74.4 cm³/mol. The van der Waals surface area contributed by atoms with Crippen molar-refractivity contribution in [2.75, 3.05) is 26.0 Å². The highest BCUT2D eigenvalue weighted by Gasteiger charge is 2.29. The third-order valence-corrected chi connectivity index (χ3v) is 5.54. The van der Waals surface area contributed by atoms with E-state index in [0.29, 0.717) is 18.9 Å². The third-order valence-electron chi connectivity index (χ3n) is 3.63. The van der Waals surface area contributed by atoms with Gasteiger partial charge in [0.1, 0.15) is 0 Å². The van der Waals surface area contributed by atoms with E-state index in [-0.39, 0.29) is 10.9 Å². The first-order valence-electron chi connectivity index (χ1n) is 6.35. The maximum atomic E-state index is 12.5. The average molecular weight is 284 g/mol. The first-order chi connectivity index (χ1) is 8.93. The molecule has 1 aromatic rings. The smallest absolute Gasteiger partial charge is 0.243 e. The molecular weight excluding hydrogens is 264 g/mol. The summed E-state index contributed by atoms with van der Waals surface area (Å²) in [6.07, 6.45) is 1.47. The predicted octanol–water partition coefficient (Wildman–Crippen LogP) is 1.38. The largest absolute Gasteiger partial charge is 0.398 e. The highest BCUT2D eigenvalue weighted by Crippen LogP contribution is 2.24. The van der Waals surface area contributed by atoms with Gasteiger partial charge >= 0.3 is 0 Å². The summed E-state index contributed by atoms with van der Waals surface area (Å²) < 4.78 is 31.8. The second-order valence-electron chi connectivity index (χ2n) is 4.88. The second kappa shape index (κ2) is 5.48. The third kappa shape index (κ3) is 2.91. The number of rotatable bonds is 3. The lowest BCUT2D eigenvalue weighted by Gasteiger charge is -2.30. The maximum absolute atomic E-state index is 12.5. The molecule has 1 fully saturated rings. The highest BCUT2D eigenvalue weighted by atomic mass is 32.2. The van der Waals surface area contributed by atoms with Crippen LogP contribution in [0.1, 0.15) is 18.4 Å². The number of benzene rings is 1. The molecule has 1 saturated heterocycles. The molecular formula is C13H20N2O3S. The van der Waals surface area contributed by atoms with Gasteiger partial charge in [-0.15, -0.1) is 0 Å². The molecule has 1 heterocycles. The van der Waals surface area contributed by atoms with Crippen LogP contribution < -0.4 is 5.73 Å². The molecule has 19 heavy (non-hydrogen) atoms. The Morgan fingerprint density at radius 3 is 2.53 bits per heavy atom. The van der Waals surface area contributed by atoms with Gasteiger partial charge in [-0.1, -0.05) is 6.07 Å². The van der Waals surface area contributed by atoms with Gasteiger partial charge < -0.3 is 10.5 Å². The minimum atomic E-state index is -3.48. The molecule has 0 unspecified atom stereocenters. The number of sulfonamides is 1. The Bertz CT molecular complexity index is 551. The summed E-state index contributed by atoms with van der Waals surface area (Å²) in [5.74, 6) is 0. The molecule has 0 spiro atoms. The van der Waals surface area contributed by atoms with Gasteiger partial charge in [0.15, 0.2) is 0 Å². The van der Waals surface area contributed by atoms with Crippen molar-refractivity contribution in [3.8, 4) is 0 Å². The SMILES string of the molecule is Cc1ccc(S(=O)(=O)N(C)C2CCOCC2)cc1N. The van der Waals surface area contributed by atoms with Crippen molar-refractivity contribution in [1.29, 1.82) is 0 Å². The van der Waals surface area contributed by atoms with Crippen molar-refractivity contribution in [2.24, 2.45) is 0 Å². The quantitative estimate of drug-likeness (QED) is 0.851. The molecule has 0 amide bonds. The van der Waals surface area contributed by atoms with E-state index in [1.165, 1.54) is 10.4 Å². The van der Waals surface area contributed by atoms with Crippen molar-refractivity contribution in [3.63, 3.8) is 0 Å². The fourth-order valence-corrected chi connectivity index (χ4v) is 3.64. The number of nitrogens with zero attached hydrogens (tertiary/aromatic N) is 1. The fourth-order valence-electron chi connectivity index (χ4n) is 2.19. The topological polar surface area (TPSA) is 72.6 Å². The first kappa shape index (κ1) is 14.3. The number of nitrogen functional groups attached to an aromatic ring is 1. The van der Waals surface area contributed by atoms with Gasteiger partial charge in [0.25, 0.3) is 0 Å². The van der Waals surface area contributed by atoms with Gasteiger partial charge in [-0.3, -0.25) is 0 Å². The van der Waals surface area contributed by atoms with Crippen molar-refractivity contribution < 1.29 is 13.2 Å². The Kier molecular flexibility index (Phi) is 4.13. The minimum Gasteiger partial charge on any atom is -0.398 e. The van der Waals surface area contributed by atoms with Gasteiger partial charge in [0, 0.05) is 32.0 Å². The minimum absolute atomic E-state index is 0.00118. The fraction of sp³-hybridized carbons (Fsp3) is 0.538. The number of aryl methyl sites for hydroxylation is 1. The molecule has 2 N–H and O–H groups in total. The summed E-state index contributed by atoms with van der Waals surface area (Å²) in [5, 5.41) is 0. The standard InChI is InChI=1S/C13H20N2O3S/c1-10-3-4-12(9-13(10)14)19(16,17)15(2)11-5-7-18-8-6-11/h3-4,9,11H,5-8,14H2,1-2H3. The van der Waals surface area contributed by atoms with Gasteiger partial charge in [0.05, 0.1) is 4.90 Å². The molecule has 2 rings (SSSR count). The number of anilines is 1. The van der Waals surface area contributed by atoms with Crippen LogP contribution in [-0.4, -0.2) is 39.0 Å². The Hall–Kier alpha value is -1.11. The molecule has 0 saturated carbocycles. The van der Waals surface area contributed by atoms with Gasteiger partial charge in [-0.2, -0.15) is 4.31 Å². The van der Waals surface area contributed by atoms with E-state index in [0.717, 1.165) is 18.4 Å². The van der Waals surface area contributed by atoms with Crippen LogP contribution in [0.25, 0.3) is 0 Å². The Balaban J connectivity index is 2.27. The number of ether oxygens (including phenoxy) is 1. The van der Waals surface area contributed by atoms with Crippen LogP contribution in [0.5, 0.6) is 0 Å². The zero-order chi connectivity index (χ0) is 14.0. The van der Waals surface area contributed by atoms with E-state index < -0.39 is 10.0 Å².